The van der Waals surface area contributed by atoms with E-state index in [1.54, 1.807) is 20.0 Å². The van der Waals surface area contributed by atoms with Gasteiger partial charge in [0.25, 0.3) is 11.5 Å². The molecule has 0 bridgehead atoms. The van der Waals surface area contributed by atoms with Crippen molar-refractivity contribution in [1.29, 1.82) is 0 Å². The molecule has 0 fully saturated rings. The van der Waals surface area contributed by atoms with Gasteiger partial charge < -0.3 is 9.88 Å². The van der Waals surface area contributed by atoms with Crippen molar-refractivity contribution in [2.24, 2.45) is 0 Å². The second-order valence-electron chi connectivity index (χ2n) is 6.22. The van der Waals surface area contributed by atoms with E-state index in [1.807, 2.05) is 11.4 Å². The number of fused-ring (bicyclic) bond motifs is 2. The summed E-state index contributed by atoms with van der Waals surface area (Å²) in [6.45, 7) is 1.70. The largest absolute Gasteiger partial charge is 0.350 e. The zero-order valence-electron chi connectivity index (χ0n) is 14.3. The van der Waals surface area contributed by atoms with Gasteiger partial charge in [0, 0.05) is 12.4 Å². The lowest BCUT2D eigenvalue weighted by atomic mass is 10.1. The summed E-state index contributed by atoms with van der Waals surface area (Å²) in [5.74, 6) is -2.48. The van der Waals surface area contributed by atoms with Crippen LogP contribution in [0.2, 0.25) is 0 Å². The predicted molar refractivity (Wildman–Crippen MR) is 99.0 cm³/mol. The highest BCUT2D eigenvalue weighted by Crippen LogP contribution is 2.27. The van der Waals surface area contributed by atoms with E-state index in [-0.39, 0.29) is 22.4 Å². The van der Waals surface area contributed by atoms with Crippen molar-refractivity contribution < 1.29 is 13.6 Å². The van der Waals surface area contributed by atoms with Gasteiger partial charge in [-0.15, -0.1) is 11.3 Å². The highest BCUT2D eigenvalue weighted by molar-refractivity contribution is 7.17. The molecule has 0 aliphatic heterocycles. The van der Waals surface area contributed by atoms with Crippen molar-refractivity contribution >= 4 is 38.2 Å². The molecule has 0 unspecified atom stereocenters. The number of carbonyl (C=O) groups is 1. The zero-order valence-corrected chi connectivity index (χ0v) is 15.2. The van der Waals surface area contributed by atoms with E-state index in [2.05, 4.69) is 15.2 Å². The molecular weight excluding hydrogens is 374 g/mol. The van der Waals surface area contributed by atoms with E-state index in [4.69, 9.17) is 0 Å². The van der Waals surface area contributed by atoms with Crippen LogP contribution in [0.5, 0.6) is 0 Å². The Morgan fingerprint density at radius 3 is 2.63 bits per heavy atom. The lowest BCUT2D eigenvalue weighted by Gasteiger charge is -2.24. The molecule has 0 saturated carbocycles. The van der Waals surface area contributed by atoms with Crippen molar-refractivity contribution in [3.05, 3.63) is 63.0 Å². The molecule has 138 valence electrons. The number of hydrogen-bond donors (Lipinski definition) is 2. The molecule has 4 rings (SSSR count). The number of hydrogen-bond acceptors (Lipinski definition) is 4. The van der Waals surface area contributed by atoms with Crippen LogP contribution in [-0.2, 0) is 0 Å². The molecule has 1 atom stereocenters. The molecule has 2 N–H and O–H groups in total. The van der Waals surface area contributed by atoms with Gasteiger partial charge in [-0.25, -0.2) is 13.9 Å². The van der Waals surface area contributed by atoms with Crippen LogP contribution in [0, 0.1) is 11.6 Å². The van der Waals surface area contributed by atoms with E-state index >= 15 is 0 Å². The van der Waals surface area contributed by atoms with E-state index < -0.39 is 23.2 Å². The normalized spacial score (nSPS) is 12.6. The Balaban J connectivity index is 1.75. The van der Waals surface area contributed by atoms with Gasteiger partial charge in [-0.05, 0) is 36.6 Å². The van der Waals surface area contributed by atoms with Crippen LogP contribution in [0.4, 0.5) is 8.78 Å². The molecule has 0 spiro atoms. The third kappa shape index (κ3) is 2.80. The van der Waals surface area contributed by atoms with Crippen molar-refractivity contribution in [2.45, 2.75) is 13.0 Å². The number of nitrogens with one attached hydrogen (secondary N) is 2. The SMILES string of the molecule is C[C@@H](c1n[nH]c(=O)c2cc(F)c(F)cc12)N(C)C(=O)c1cc2sccc2[nH]1. The van der Waals surface area contributed by atoms with Gasteiger partial charge >= 0.3 is 0 Å². The highest BCUT2D eigenvalue weighted by Gasteiger charge is 2.24. The molecule has 27 heavy (non-hydrogen) atoms. The first-order valence-electron chi connectivity index (χ1n) is 8.07. The van der Waals surface area contributed by atoms with Gasteiger partial charge in [0.05, 0.1) is 27.3 Å². The molecule has 0 saturated heterocycles. The molecule has 0 aliphatic rings. The maximum atomic E-state index is 13.7. The maximum Gasteiger partial charge on any atom is 0.272 e. The Labute approximate surface area is 155 Å². The molecule has 0 radical (unpaired) electrons. The van der Waals surface area contributed by atoms with Gasteiger partial charge in [0.15, 0.2) is 11.6 Å². The minimum atomic E-state index is -1.12. The Morgan fingerprint density at radius 2 is 1.93 bits per heavy atom. The highest BCUT2D eigenvalue weighted by atomic mass is 32.1. The van der Waals surface area contributed by atoms with Crippen LogP contribution < -0.4 is 5.56 Å². The van der Waals surface area contributed by atoms with Crippen molar-refractivity contribution in [3.63, 3.8) is 0 Å². The molecule has 9 heteroatoms. The molecule has 3 heterocycles. The van der Waals surface area contributed by atoms with Crippen LogP contribution in [-0.4, -0.2) is 33.0 Å². The number of rotatable bonds is 3. The molecule has 0 aliphatic carbocycles. The van der Waals surface area contributed by atoms with Crippen LogP contribution in [0.25, 0.3) is 21.0 Å². The number of aromatic nitrogens is 3. The molecule has 3 aromatic heterocycles. The van der Waals surface area contributed by atoms with Gasteiger partial charge in [-0.2, -0.15) is 5.10 Å². The molecule has 1 aromatic carbocycles. The second kappa shape index (κ2) is 6.27. The third-order valence-electron chi connectivity index (χ3n) is 4.63. The first-order chi connectivity index (χ1) is 12.9. The lowest BCUT2D eigenvalue weighted by molar-refractivity contribution is 0.0735. The van der Waals surface area contributed by atoms with Crippen molar-refractivity contribution in [1.82, 2.24) is 20.1 Å². The zero-order chi connectivity index (χ0) is 19.3. The number of carbonyl (C=O) groups excluding carboxylic acids is 1. The summed E-state index contributed by atoms with van der Waals surface area (Å²) >= 11 is 1.52. The summed E-state index contributed by atoms with van der Waals surface area (Å²) in [6.07, 6.45) is 0. The summed E-state index contributed by atoms with van der Waals surface area (Å²) < 4.78 is 28.2. The quantitative estimate of drug-likeness (QED) is 0.563. The Hall–Kier alpha value is -3.07. The number of halogens is 2. The van der Waals surface area contributed by atoms with Crippen molar-refractivity contribution in [3.8, 4) is 0 Å². The maximum absolute atomic E-state index is 13.7. The van der Waals surface area contributed by atoms with Gasteiger partial charge in [0.1, 0.15) is 5.69 Å². The summed E-state index contributed by atoms with van der Waals surface area (Å²) in [5, 5.41) is 8.33. The Morgan fingerprint density at radius 1 is 1.22 bits per heavy atom. The number of H-pyrrole nitrogens is 2. The van der Waals surface area contributed by atoms with E-state index in [1.165, 1.54) is 16.2 Å². The number of aromatic amines is 2. The molecule has 4 aromatic rings. The topological polar surface area (TPSA) is 81.8 Å². The minimum Gasteiger partial charge on any atom is -0.350 e. The summed E-state index contributed by atoms with van der Waals surface area (Å²) in [5.41, 5.74) is 0.929. The standard InChI is InChI=1S/C18H14F2N4O2S/c1-8(24(2)18(26)14-7-15-13(21-14)3-4-27-15)16-9-5-11(19)12(20)6-10(9)17(25)23-22-16/h3-8,21H,1-2H3,(H,23,25)/t8-/m0/s1. The predicted octanol–water partition coefficient (Wildman–Crippen LogP) is 3.58. The monoisotopic (exact) mass is 388 g/mol. The molecule has 1 amide bonds. The number of amides is 1. The summed E-state index contributed by atoms with van der Waals surface area (Å²) in [6, 6.07) is 4.82. The second-order valence-corrected chi connectivity index (χ2v) is 7.17. The van der Waals surface area contributed by atoms with Crippen molar-refractivity contribution in [2.75, 3.05) is 7.05 Å². The van der Waals surface area contributed by atoms with Crippen LogP contribution >= 0.6 is 11.3 Å². The van der Waals surface area contributed by atoms with E-state index in [9.17, 15) is 18.4 Å². The summed E-state index contributed by atoms with van der Waals surface area (Å²) in [4.78, 5) is 29.2. The van der Waals surface area contributed by atoms with Crippen LogP contribution in [0.15, 0.2) is 34.4 Å². The third-order valence-corrected chi connectivity index (χ3v) is 5.49. The Bertz CT molecular complexity index is 1210. The first-order valence-corrected chi connectivity index (χ1v) is 8.95. The smallest absolute Gasteiger partial charge is 0.272 e. The fraction of sp³-hybridized carbons (Fsp3) is 0.167. The summed E-state index contributed by atoms with van der Waals surface area (Å²) in [7, 11) is 1.58. The van der Waals surface area contributed by atoms with E-state index in [0.29, 0.717) is 5.69 Å². The molecule has 6 nitrogen and oxygen atoms in total. The first kappa shape index (κ1) is 17.3. The number of benzene rings is 1. The van der Waals surface area contributed by atoms with Gasteiger partial charge in [-0.1, -0.05) is 0 Å². The van der Waals surface area contributed by atoms with Gasteiger partial charge in [-0.3, -0.25) is 9.59 Å². The van der Waals surface area contributed by atoms with Crippen LogP contribution in [0.3, 0.4) is 0 Å². The van der Waals surface area contributed by atoms with Crippen LogP contribution in [0.1, 0.15) is 29.1 Å². The number of nitrogens with zero attached hydrogens (tertiary/aromatic N) is 2. The average molecular weight is 388 g/mol. The Kier molecular flexibility index (Phi) is 4.03. The fourth-order valence-electron chi connectivity index (χ4n) is 3.01. The van der Waals surface area contributed by atoms with Gasteiger partial charge in [0.2, 0.25) is 0 Å². The fourth-order valence-corrected chi connectivity index (χ4v) is 3.79. The molecular formula is C18H14F2N4O2S. The average Bonchev–Trinajstić information content (AvgIpc) is 3.24. The minimum absolute atomic E-state index is 0.0213. The number of thiophene rings is 1. The lowest BCUT2D eigenvalue weighted by Crippen LogP contribution is -2.31. The van der Waals surface area contributed by atoms with E-state index in [0.717, 1.165) is 22.3 Å².